The number of carboxylic acid groups (broad SMARTS) is 1. The lowest BCUT2D eigenvalue weighted by Crippen LogP contribution is -2.34. The Hall–Kier alpha value is -0.570. The van der Waals surface area contributed by atoms with Crippen LogP contribution in [0.5, 0.6) is 0 Å². The summed E-state index contributed by atoms with van der Waals surface area (Å²) in [5, 5.41) is 8.75. The van der Waals surface area contributed by atoms with Crippen molar-refractivity contribution in [1.82, 2.24) is 0 Å². The summed E-state index contributed by atoms with van der Waals surface area (Å²) in [6.07, 6.45) is 5.91. The van der Waals surface area contributed by atoms with Gasteiger partial charge >= 0.3 is 5.97 Å². The Labute approximate surface area is 92.0 Å². The molecule has 3 unspecified atom stereocenters. The second-order valence-corrected chi connectivity index (χ2v) is 5.06. The first-order valence-corrected chi connectivity index (χ1v) is 6.00. The molecule has 15 heavy (non-hydrogen) atoms. The molecule has 88 valence electrons. The second kappa shape index (κ2) is 5.50. The molecule has 0 radical (unpaired) electrons. The van der Waals surface area contributed by atoms with Gasteiger partial charge in [-0.1, -0.05) is 39.5 Å². The Morgan fingerprint density at radius 2 is 1.93 bits per heavy atom. The van der Waals surface area contributed by atoms with Crippen LogP contribution in [0.4, 0.5) is 0 Å². The Balaban J connectivity index is 2.38. The molecule has 0 amide bonds. The van der Waals surface area contributed by atoms with Gasteiger partial charge < -0.3 is 10.8 Å². The van der Waals surface area contributed by atoms with E-state index >= 15 is 0 Å². The molecular weight excluding hydrogens is 190 g/mol. The summed E-state index contributed by atoms with van der Waals surface area (Å²) in [5.41, 5.74) is 5.55. The minimum Gasteiger partial charge on any atom is -0.480 e. The van der Waals surface area contributed by atoms with Crippen LogP contribution in [0.25, 0.3) is 0 Å². The van der Waals surface area contributed by atoms with Gasteiger partial charge in [0.2, 0.25) is 0 Å². The summed E-state index contributed by atoms with van der Waals surface area (Å²) in [6.45, 7) is 4.38. The van der Waals surface area contributed by atoms with E-state index in [9.17, 15) is 4.79 Å². The summed E-state index contributed by atoms with van der Waals surface area (Å²) >= 11 is 0. The minimum absolute atomic E-state index is 0.416. The number of hydrogen-bond acceptors (Lipinski definition) is 2. The van der Waals surface area contributed by atoms with E-state index in [1.165, 1.54) is 25.7 Å². The fourth-order valence-corrected chi connectivity index (χ4v) is 2.66. The molecule has 0 spiro atoms. The number of rotatable bonds is 5. The molecule has 3 nitrogen and oxygen atoms in total. The van der Waals surface area contributed by atoms with Crippen LogP contribution < -0.4 is 5.73 Å². The van der Waals surface area contributed by atoms with Crippen molar-refractivity contribution in [3.63, 3.8) is 0 Å². The lowest BCUT2D eigenvalue weighted by Gasteiger charge is -2.26. The normalized spacial score (nSPS) is 23.7. The van der Waals surface area contributed by atoms with Gasteiger partial charge in [0.05, 0.1) is 0 Å². The molecule has 0 saturated heterocycles. The molecule has 0 heterocycles. The molecule has 0 aromatic heterocycles. The third-order valence-electron chi connectivity index (χ3n) is 3.98. The van der Waals surface area contributed by atoms with E-state index in [1.54, 1.807) is 0 Å². The highest BCUT2D eigenvalue weighted by Gasteiger charge is 2.27. The molecule has 1 rings (SSSR count). The molecule has 3 heteroatoms. The SMILES string of the molecule is CC(CC(N)C(=O)O)C(C)C1CCCC1. The van der Waals surface area contributed by atoms with Crippen LogP contribution in [0.1, 0.15) is 46.0 Å². The van der Waals surface area contributed by atoms with Crippen molar-refractivity contribution in [2.24, 2.45) is 23.5 Å². The topological polar surface area (TPSA) is 63.3 Å². The third kappa shape index (κ3) is 3.49. The van der Waals surface area contributed by atoms with E-state index in [4.69, 9.17) is 10.8 Å². The first kappa shape index (κ1) is 12.5. The van der Waals surface area contributed by atoms with Crippen LogP contribution in [0.2, 0.25) is 0 Å². The van der Waals surface area contributed by atoms with E-state index in [1.807, 2.05) is 0 Å². The van der Waals surface area contributed by atoms with E-state index in [-0.39, 0.29) is 0 Å². The number of carboxylic acids is 1. The van der Waals surface area contributed by atoms with Gasteiger partial charge in [0, 0.05) is 0 Å². The molecule has 0 aromatic carbocycles. The number of hydrogen-bond donors (Lipinski definition) is 2. The largest absolute Gasteiger partial charge is 0.480 e. The van der Waals surface area contributed by atoms with E-state index in [0.29, 0.717) is 18.3 Å². The first-order chi connectivity index (χ1) is 7.02. The van der Waals surface area contributed by atoms with Gasteiger partial charge in [0.1, 0.15) is 6.04 Å². The first-order valence-electron chi connectivity index (χ1n) is 6.00. The van der Waals surface area contributed by atoms with Crippen LogP contribution in [-0.2, 0) is 4.79 Å². The maximum Gasteiger partial charge on any atom is 0.320 e. The Morgan fingerprint density at radius 1 is 1.40 bits per heavy atom. The van der Waals surface area contributed by atoms with Crippen molar-refractivity contribution in [1.29, 1.82) is 0 Å². The summed E-state index contributed by atoms with van der Waals surface area (Å²) < 4.78 is 0. The number of carbonyl (C=O) groups is 1. The van der Waals surface area contributed by atoms with Crippen molar-refractivity contribution in [3.05, 3.63) is 0 Å². The molecule has 1 saturated carbocycles. The molecule has 3 N–H and O–H groups in total. The third-order valence-corrected chi connectivity index (χ3v) is 3.98. The predicted octanol–water partition coefficient (Wildman–Crippen LogP) is 2.25. The Kier molecular flexibility index (Phi) is 4.58. The van der Waals surface area contributed by atoms with Gasteiger partial charge in [-0.15, -0.1) is 0 Å². The molecule has 0 aliphatic heterocycles. The minimum atomic E-state index is -0.875. The monoisotopic (exact) mass is 213 g/mol. The van der Waals surface area contributed by atoms with Crippen molar-refractivity contribution in [2.75, 3.05) is 0 Å². The fourth-order valence-electron chi connectivity index (χ4n) is 2.66. The smallest absolute Gasteiger partial charge is 0.320 e. The highest BCUT2D eigenvalue weighted by Crippen LogP contribution is 2.36. The Morgan fingerprint density at radius 3 is 2.40 bits per heavy atom. The maximum absolute atomic E-state index is 10.7. The van der Waals surface area contributed by atoms with E-state index < -0.39 is 12.0 Å². The van der Waals surface area contributed by atoms with Gasteiger partial charge in [-0.25, -0.2) is 0 Å². The van der Waals surface area contributed by atoms with Crippen LogP contribution in [0, 0.1) is 17.8 Å². The van der Waals surface area contributed by atoms with Crippen molar-refractivity contribution < 1.29 is 9.90 Å². The van der Waals surface area contributed by atoms with Gasteiger partial charge in [-0.3, -0.25) is 4.79 Å². The van der Waals surface area contributed by atoms with Crippen LogP contribution in [0.3, 0.4) is 0 Å². The van der Waals surface area contributed by atoms with Crippen molar-refractivity contribution >= 4 is 5.97 Å². The fraction of sp³-hybridized carbons (Fsp3) is 0.917. The predicted molar refractivity (Wildman–Crippen MR) is 60.5 cm³/mol. The lowest BCUT2D eigenvalue weighted by molar-refractivity contribution is -0.139. The van der Waals surface area contributed by atoms with E-state index in [0.717, 1.165) is 5.92 Å². The summed E-state index contributed by atoms with van der Waals surface area (Å²) in [5.74, 6) is 0.943. The van der Waals surface area contributed by atoms with Gasteiger partial charge in [-0.05, 0) is 24.2 Å². The highest BCUT2D eigenvalue weighted by molar-refractivity contribution is 5.73. The van der Waals surface area contributed by atoms with Crippen LogP contribution in [0.15, 0.2) is 0 Å². The summed E-state index contributed by atoms with van der Waals surface area (Å²) in [7, 11) is 0. The second-order valence-electron chi connectivity index (χ2n) is 5.06. The molecule has 1 aliphatic carbocycles. The zero-order chi connectivity index (χ0) is 11.4. The molecule has 1 aliphatic rings. The highest BCUT2D eigenvalue weighted by atomic mass is 16.4. The average Bonchev–Trinajstić information content (AvgIpc) is 2.68. The standard InChI is InChI=1S/C12H23NO2/c1-8(7-11(13)12(14)15)9(2)10-5-3-4-6-10/h8-11H,3-7,13H2,1-2H3,(H,14,15). The van der Waals surface area contributed by atoms with Gasteiger partial charge in [-0.2, -0.15) is 0 Å². The maximum atomic E-state index is 10.7. The zero-order valence-corrected chi connectivity index (χ0v) is 9.78. The lowest BCUT2D eigenvalue weighted by atomic mass is 9.80. The van der Waals surface area contributed by atoms with E-state index in [2.05, 4.69) is 13.8 Å². The molecule has 3 atom stereocenters. The summed E-state index contributed by atoms with van der Waals surface area (Å²) in [6, 6.07) is -0.691. The Bertz CT molecular complexity index is 212. The number of nitrogens with two attached hydrogens (primary N) is 1. The zero-order valence-electron chi connectivity index (χ0n) is 9.78. The van der Waals surface area contributed by atoms with Crippen molar-refractivity contribution in [2.45, 2.75) is 52.0 Å². The van der Waals surface area contributed by atoms with Crippen molar-refractivity contribution in [3.8, 4) is 0 Å². The quantitative estimate of drug-likeness (QED) is 0.736. The number of aliphatic carboxylic acids is 1. The molecular formula is C12H23NO2. The summed E-state index contributed by atoms with van der Waals surface area (Å²) in [4.78, 5) is 10.7. The molecule has 0 aromatic rings. The molecule has 0 bridgehead atoms. The molecule has 1 fully saturated rings. The van der Waals surface area contributed by atoms with Crippen LogP contribution in [-0.4, -0.2) is 17.1 Å². The van der Waals surface area contributed by atoms with Crippen LogP contribution >= 0.6 is 0 Å². The van der Waals surface area contributed by atoms with Gasteiger partial charge in [0.25, 0.3) is 0 Å². The average molecular weight is 213 g/mol. The van der Waals surface area contributed by atoms with Gasteiger partial charge in [0.15, 0.2) is 0 Å².